The molecule has 1 saturated heterocycles. The first kappa shape index (κ1) is 27.7. The highest BCUT2D eigenvalue weighted by atomic mass is 16.2. The average Bonchev–Trinajstić information content (AvgIpc) is 3.54. The lowest BCUT2D eigenvalue weighted by molar-refractivity contribution is -0.148. The van der Waals surface area contributed by atoms with E-state index in [0.717, 1.165) is 75.6 Å². The van der Waals surface area contributed by atoms with Gasteiger partial charge in [0.15, 0.2) is 0 Å². The smallest absolute Gasteiger partial charge is 0.256 e. The molecule has 2 saturated carbocycles. The molecule has 2 aromatic rings. The SMILES string of the molecule is CCC(=O)Nc1ccc2c(c1)[C@@]1(C)CCC[C@]3(C(=O)N3C(=O)[C@@]3(C)CCC[C@]4(C)c5cc(N)ccc5CC[C@@H]34)C1CC2. The molecule has 6 atom stereocenters. The van der Waals surface area contributed by atoms with Gasteiger partial charge in [0, 0.05) is 23.7 Å². The van der Waals surface area contributed by atoms with E-state index in [1.54, 1.807) is 4.90 Å². The highest BCUT2D eigenvalue weighted by Crippen LogP contribution is 2.65. The van der Waals surface area contributed by atoms with Crippen LogP contribution in [-0.2, 0) is 38.1 Å². The Morgan fingerprint density at radius 1 is 0.881 bits per heavy atom. The third kappa shape index (κ3) is 3.59. The van der Waals surface area contributed by atoms with Crippen molar-refractivity contribution in [3.05, 3.63) is 58.7 Å². The van der Waals surface area contributed by atoms with Crippen molar-refractivity contribution < 1.29 is 14.4 Å². The number of fused-ring (bicyclic) bond motifs is 7. The Morgan fingerprint density at radius 2 is 1.50 bits per heavy atom. The van der Waals surface area contributed by atoms with Crippen LogP contribution in [0.3, 0.4) is 0 Å². The van der Waals surface area contributed by atoms with E-state index < -0.39 is 11.0 Å². The van der Waals surface area contributed by atoms with Crippen molar-refractivity contribution in [3.8, 4) is 0 Å². The minimum absolute atomic E-state index is 0.00229. The van der Waals surface area contributed by atoms with E-state index >= 15 is 0 Å². The molecule has 0 aromatic heterocycles. The number of nitrogens with zero attached hydrogens (tertiary/aromatic N) is 1. The molecule has 3 amide bonds. The third-order valence-electron chi connectivity index (χ3n) is 12.6. The van der Waals surface area contributed by atoms with Crippen LogP contribution in [0.1, 0.15) is 108 Å². The van der Waals surface area contributed by atoms with Gasteiger partial charge in [0.1, 0.15) is 5.54 Å². The summed E-state index contributed by atoms with van der Waals surface area (Å²) in [6, 6.07) is 12.6. The number of imide groups is 1. The molecule has 0 bridgehead atoms. The van der Waals surface area contributed by atoms with Crippen LogP contribution in [0.25, 0.3) is 0 Å². The predicted molar refractivity (Wildman–Crippen MR) is 165 cm³/mol. The zero-order chi connectivity index (χ0) is 29.7. The molecule has 3 fully saturated rings. The summed E-state index contributed by atoms with van der Waals surface area (Å²) in [6.45, 7) is 8.66. The fourth-order valence-electron chi connectivity index (χ4n) is 10.5. The number of nitrogens with one attached hydrogen (secondary N) is 1. The van der Waals surface area contributed by atoms with Crippen LogP contribution in [0.4, 0.5) is 11.4 Å². The molecular formula is C36H45N3O3. The molecule has 2 aromatic carbocycles. The van der Waals surface area contributed by atoms with Gasteiger partial charge in [-0.25, -0.2) is 0 Å². The number of aryl methyl sites for hydroxylation is 2. The van der Waals surface area contributed by atoms with Crippen LogP contribution < -0.4 is 11.1 Å². The van der Waals surface area contributed by atoms with Gasteiger partial charge < -0.3 is 11.1 Å². The van der Waals surface area contributed by atoms with Crippen LogP contribution in [-0.4, -0.2) is 28.2 Å². The maximum Gasteiger partial charge on any atom is 0.256 e. The molecule has 6 nitrogen and oxygen atoms in total. The second-order valence-corrected chi connectivity index (χ2v) is 14.7. The summed E-state index contributed by atoms with van der Waals surface area (Å²) in [5, 5.41) is 3.04. The van der Waals surface area contributed by atoms with Crippen LogP contribution in [0, 0.1) is 17.3 Å². The van der Waals surface area contributed by atoms with Gasteiger partial charge in [-0.3, -0.25) is 19.3 Å². The normalized spacial score (nSPS) is 36.4. The van der Waals surface area contributed by atoms with Crippen molar-refractivity contribution >= 4 is 29.1 Å². The Kier molecular flexibility index (Phi) is 6.04. The summed E-state index contributed by atoms with van der Waals surface area (Å²) in [7, 11) is 0. The lowest BCUT2D eigenvalue weighted by atomic mass is 9.49. The molecule has 0 radical (unpaired) electrons. The summed E-state index contributed by atoms with van der Waals surface area (Å²) in [5.74, 6) is 0.386. The summed E-state index contributed by atoms with van der Waals surface area (Å²) in [6.07, 6.45) is 9.66. The molecule has 222 valence electrons. The Balaban J connectivity index is 1.22. The lowest BCUT2D eigenvalue weighted by Crippen LogP contribution is -2.56. The first-order valence-corrected chi connectivity index (χ1v) is 16.2. The molecule has 3 N–H and O–H groups in total. The predicted octanol–water partition coefficient (Wildman–Crippen LogP) is 6.44. The fourth-order valence-corrected chi connectivity index (χ4v) is 10.5. The Morgan fingerprint density at radius 3 is 2.21 bits per heavy atom. The molecule has 1 aliphatic heterocycles. The van der Waals surface area contributed by atoms with Crippen molar-refractivity contribution in [1.29, 1.82) is 0 Å². The van der Waals surface area contributed by atoms with Crippen molar-refractivity contribution in [1.82, 2.24) is 4.90 Å². The van der Waals surface area contributed by atoms with Gasteiger partial charge in [0.05, 0.1) is 5.41 Å². The third-order valence-corrected chi connectivity index (χ3v) is 12.6. The number of rotatable bonds is 3. The van der Waals surface area contributed by atoms with Crippen LogP contribution >= 0.6 is 0 Å². The van der Waals surface area contributed by atoms with Gasteiger partial charge in [0.25, 0.3) is 5.91 Å². The van der Waals surface area contributed by atoms with Gasteiger partial charge in [-0.15, -0.1) is 0 Å². The fraction of sp³-hybridized carbons (Fsp3) is 0.583. The molecular weight excluding hydrogens is 522 g/mol. The molecule has 1 spiro atoms. The first-order valence-electron chi connectivity index (χ1n) is 16.2. The van der Waals surface area contributed by atoms with Gasteiger partial charge in [-0.05, 0) is 121 Å². The molecule has 7 rings (SSSR count). The van der Waals surface area contributed by atoms with Crippen molar-refractivity contribution in [2.75, 3.05) is 11.1 Å². The summed E-state index contributed by atoms with van der Waals surface area (Å²) in [4.78, 5) is 42.8. The molecule has 1 unspecified atom stereocenters. The lowest BCUT2D eigenvalue weighted by Gasteiger charge is -2.55. The largest absolute Gasteiger partial charge is 0.399 e. The standard InChI is InChI=1S/C36H45N3O3/c1-5-30(40)38-25-13-9-23-11-15-29-34(3,27(23)21-25)17-7-19-36(29)32(42)39(36)31(41)35(4)18-6-16-33(2)26-20-24(37)12-8-22(26)10-14-28(33)35/h8-9,12-13,20-21,28-29H,5-7,10-11,14-19,37H2,1-4H3,(H,38,40)/t28-,29?,33-,34-,35+,36-,39?/m1/s1. The first-order chi connectivity index (χ1) is 20.0. The van der Waals surface area contributed by atoms with Gasteiger partial charge in [-0.1, -0.05) is 46.2 Å². The number of nitrogens with two attached hydrogens (primary N) is 1. The minimum atomic E-state index is -0.696. The minimum Gasteiger partial charge on any atom is -0.399 e. The number of benzene rings is 2. The number of carbonyl (C=O) groups is 3. The number of hydrogen-bond donors (Lipinski definition) is 2. The molecule has 42 heavy (non-hydrogen) atoms. The highest BCUT2D eigenvalue weighted by Gasteiger charge is 2.75. The topological polar surface area (TPSA) is 92.3 Å². The summed E-state index contributed by atoms with van der Waals surface area (Å²) < 4.78 is 0. The van der Waals surface area contributed by atoms with E-state index in [9.17, 15) is 14.4 Å². The Bertz CT molecular complexity index is 1520. The number of nitrogen functional groups attached to an aromatic ring is 1. The van der Waals surface area contributed by atoms with Gasteiger partial charge in [-0.2, -0.15) is 0 Å². The second kappa shape index (κ2) is 9.17. The zero-order valence-electron chi connectivity index (χ0n) is 25.6. The van der Waals surface area contributed by atoms with E-state index in [1.165, 1.54) is 22.3 Å². The number of anilines is 2. The van der Waals surface area contributed by atoms with Crippen molar-refractivity contribution in [2.45, 2.75) is 115 Å². The quantitative estimate of drug-likeness (QED) is 0.254. The number of hydrogen-bond acceptors (Lipinski definition) is 4. The maximum absolute atomic E-state index is 14.8. The Hall–Kier alpha value is -3.15. The Labute approximate surface area is 249 Å². The average molecular weight is 568 g/mol. The summed E-state index contributed by atoms with van der Waals surface area (Å²) >= 11 is 0. The van der Waals surface area contributed by atoms with E-state index in [2.05, 4.69) is 50.4 Å². The van der Waals surface area contributed by atoms with Crippen LogP contribution in [0.5, 0.6) is 0 Å². The monoisotopic (exact) mass is 567 g/mol. The van der Waals surface area contributed by atoms with Crippen LogP contribution in [0.2, 0.25) is 0 Å². The van der Waals surface area contributed by atoms with E-state index in [1.807, 2.05) is 19.1 Å². The van der Waals surface area contributed by atoms with Crippen molar-refractivity contribution in [2.24, 2.45) is 17.3 Å². The summed E-state index contributed by atoms with van der Waals surface area (Å²) in [5.41, 5.74) is 11.5. The van der Waals surface area contributed by atoms with E-state index in [4.69, 9.17) is 5.73 Å². The van der Waals surface area contributed by atoms with Crippen LogP contribution in [0.15, 0.2) is 36.4 Å². The number of carbonyl (C=O) groups excluding carboxylic acids is 3. The highest BCUT2D eigenvalue weighted by molar-refractivity contribution is 6.17. The van der Waals surface area contributed by atoms with E-state index in [0.29, 0.717) is 6.42 Å². The molecule has 1 heterocycles. The van der Waals surface area contributed by atoms with Gasteiger partial charge >= 0.3 is 0 Å². The number of amides is 3. The second-order valence-electron chi connectivity index (χ2n) is 14.7. The zero-order valence-corrected chi connectivity index (χ0v) is 25.6. The van der Waals surface area contributed by atoms with E-state index in [-0.39, 0.29) is 40.4 Å². The molecule has 6 heteroatoms. The molecule has 4 aliphatic carbocycles. The van der Waals surface area contributed by atoms with Crippen molar-refractivity contribution in [3.63, 3.8) is 0 Å². The maximum atomic E-state index is 14.8. The molecule has 5 aliphatic rings. The van der Waals surface area contributed by atoms with Gasteiger partial charge in [0.2, 0.25) is 11.8 Å².